The fourth-order valence-electron chi connectivity index (χ4n) is 2.56. The minimum absolute atomic E-state index is 0.162. The van der Waals surface area contributed by atoms with Crippen LogP contribution in [-0.4, -0.2) is 11.5 Å². The maximum absolute atomic E-state index is 10.8. The quantitative estimate of drug-likeness (QED) is 0.621. The topological polar surface area (TPSA) is 46.4 Å². The molecule has 0 atom stereocenters. The number of aryl methyl sites for hydroxylation is 1. The third-order valence-electron chi connectivity index (χ3n) is 3.54. The molecule has 5 heteroatoms. The monoisotopic (exact) mass is 274 g/mol. The first-order valence-corrected chi connectivity index (χ1v) is 7.08. The summed E-state index contributed by atoms with van der Waals surface area (Å²) in [6.07, 6.45) is 1.06. The van der Waals surface area contributed by atoms with Gasteiger partial charge in [-0.15, -0.1) is 11.3 Å². The van der Waals surface area contributed by atoms with Crippen molar-refractivity contribution in [3.63, 3.8) is 0 Å². The zero-order valence-electron chi connectivity index (χ0n) is 10.6. The standard InChI is InChI=1S/C14H14N2O2S/c1-10-8-12(16(17)18)2-3-13(10)15-6-4-14-11(9-15)5-7-19-14/h2-3,5,7-8H,4,6,9H2,1H3. The van der Waals surface area contributed by atoms with E-state index < -0.39 is 0 Å². The Bertz CT molecular complexity index is 636. The summed E-state index contributed by atoms with van der Waals surface area (Å²) in [5.41, 5.74) is 3.61. The molecule has 1 aliphatic rings. The highest BCUT2D eigenvalue weighted by molar-refractivity contribution is 7.10. The summed E-state index contributed by atoms with van der Waals surface area (Å²) >= 11 is 1.82. The van der Waals surface area contributed by atoms with Gasteiger partial charge in [0.1, 0.15) is 0 Å². The summed E-state index contributed by atoms with van der Waals surface area (Å²) in [7, 11) is 0. The highest BCUT2D eigenvalue weighted by atomic mass is 32.1. The van der Waals surface area contributed by atoms with Crippen LogP contribution in [0, 0.1) is 17.0 Å². The van der Waals surface area contributed by atoms with Gasteiger partial charge in [0.05, 0.1) is 4.92 Å². The van der Waals surface area contributed by atoms with Gasteiger partial charge in [0.15, 0.2) is 0 Å². The lowest BCUT2D eigenvalue weighted by atomic mass is 10.1. The normalized spacial score (nSPS) is 14.3. The smallest absolute Gasteiger partial charge is 0.269 e. The molecule has 0 saturated carbocycles. The van der Waals surface area contributed by atoms with E-state index in [9.17, 15) is 10.1 Å². The number of thiophene rings is 1. The van der Waals surface area contributed by atoms with Gasteiger partial charge in [-0.25, -0.2) is 0 Å². The first-order valence-electron chi connectivity index (χ1n) is 6.20. The Morgan fingerprint density at radius 3 is 2.95 bits per heavy atom. The second-order valence-corrected chi connectivity index (χ2v) is 5.77. The number of nitrogens with zero attached hydrogens (tertiary/aromatic N) is 2. The minimum atomic E-state index is -0.343. The van der Waals surface area contributed by atoms with Crippen LogP contribution in [-0.2, 0) is 13.0 Å². The second-order valence-electron chi connectivity index (χ2n) is 4.77. The minimum Gasteiger partial charge on any atom is -0.367 e. The van der Waals surface area contributed by atoms with Crippen molar-refractivity contribution in [2.75, 3.05) is 11.4 Å². The maximum atomic E-state index is 10.8. The third kappa shape index (κ3) is 2.21. The van der Waals surface area contributed by atoms with Crippen LogP contribution in [0.25, 0.3) is 0 Å². The molecule has 0 amide bonds. The lowest BCUT2D eigenvalue weighted by Crippen LogP contribution is -2.29. The Balaban J connectivity index is 1.90. The lowest BCUT2D eigenvalue weighted by molar-refractivity contribution is -0.384. The second kappa shape index (κ2) is 4.66. The van der Waals surface area contributed by atoms with E-state index in [-0.39, 0.29) is 10.6 Å². The molecule has 0 bridgehead atoms. The van der Waals surface area contributed by atoms with E-state index in [2.05, 4.69) is 16.3 Å². The molecule has 0 N–H and O–H groups in total. The van der Waals surface area contributed by atoms with Crippen LogP contribution in [0.1, 0.15) is 16.0 Å². The molecule has 0 spiro atoms. The van der Waals surface area contributed by atoms with Crippen LogP contribution in [0.15, 0.2) is 29.6 Å². The number of hydrogen-bond donors (Lipinski definition) is 0. The van der Waals surface area contributed by atoms with E-state index in [0.717, 1.165) is 30.8 Å². The summed E-state index contributed by atoms with van der Waals surface area (Å²) < 4.78 is 0. The van der Waals surface area contributed by atoms with Gasteiger partial charge in [-0.05, 0) is 42.0 Å². The van der Waals surface area contributed by atoms with E-state index in [1.54, 1.807) is 12.1 Å². The summed E-state index contributed by atoms with van der Waals surface area (Å²) in [6.45, 7) is 3.81. The van der Waals surface area contributed by atoms with Crippen molar-refractivity contribution in [3.05, 3.63) is 55.8 Å². The van der Waals surface area contributed by atoms with E-state index in [0.29, 0.717) is 0 Å². The maximum Gasteiger partial charge on any atom is 0.269 e. The van der Waals surface area contributed by atoms with Crippen molar-refractivity contribution >= 4 is 22.7 Å². The molecule has 4 nitrogen and oxygen atoms in total. The van der Waals surface area contributed by atoms with Crippen LogP contribution in [0.4, 0.5) is 11.4 Å². The van der Waals surface area contributed by atoms with Crippen molar-refractivity contribution in [2.24, 2.45) is 0 Å². The van der Waals surface area contributed by atoms with Crippen molar-refractivity contribution in [3.8, 4) is 0 Å². The van der Waals surface area contributed by atoms with Gasteiger partial charge in [0.2, 0.25) is 0 Å². The molecular formula is C14H14N2O2S. The zero-order chi connectivity index (χ0) is 13.4. The van der Waals surface area contributed by atoms with Crippen LogP contribution < -0.4 is 4.90 Å². The molecule has 0 aliphatic carbocycles. The molecule has 3 rings (SSSR count). The molecular weight excluding hydrogens is 260 g/mol. The number of fused-ring (bicyclic) bond motifs is 1. The Hall–Kier alpha value is -1.88. The highest BCUT2D eigenvalue weighted by Crippen LogP contribution is 2.31. The lowest BCUT2D eigenvalue weighted by Gasteiger charge is -2.30. The van der Waals surface area contributed by atoms with Crippen molar-refractivity contribution < 1.29 is 4.92 Å². The number of hydrogen-bond acceptors (Lipinski definition) is 4. The van der Waals surface area contributed by atoms with Gasteiger partial charge >= 0.3 is 0 Å². The Morgan fingerprint density at radius 1 is 1.37 bits per heavy atom. The van der Waals surface area contributed by atoms with Gasteiger partial charge in [0.25, 0.3) is 5.69 Å². The fourth-order valence-corrected chi connectivity index (χ4v) is 3.45. The Kier molecular flexibility index (Phi) is 2.98. The molecule has 0 radical (unpaired) electrons. The Morgan fingerprint density at radius 2 is 2.21 bits per heavy atom. The van der Waals surface area contributed by atoms with Crippen LogP contribution in [0.3, 0.4) is 0 Å². The molecule has 1 aromatic heterocycles. The molecule has 1 aromatic carbocycles. The third-order valence-corrected chi connectivity index (χ3v) is 4.56. The van der Waals surface area contributed by atoms with E-state index in [4.69, 9.17) is 0 Å². The largest absolute Gasteiger partial charge is 0.367 e. The molecule has 2 heterocycles. The molecule has 0 fully saturated rings. The van der Waals surface area contributed by atoms with Gasteiger partial charge < -0.3 is 4.90 Å². The number of anilines is 1. The summed E-state index contributed by atoms with van der Waals surface area (Å²) in [5, 5.41) is 12.9. The van der Waals surface area contributed by atoms with Crippen LogP contribution in [0.2, 0.25) is 0 Å². The number of nitro benzene ring substituents is 1. The predicted octanol–water partition coefficient (Wildman–Crippen LogP) is 3.53. The molecule has 2 aromatic rings. The average molecular weight is 274 g/mol. The molecule has 1 aliphatic heterocycles. The molecule has 0 unspecified atom stereocenters. The van der Waals surface area contributed by atoms with E-state index in [1.807, 2.05) is 24.3 Å². The summed E-state index contributed by atoms with van der Waals surface area (Å²) in [5.74, 6) is 0. The van der Waals surface area contributed by atoms with E-state index >= 15 is 0 Å². The highest BCUT2D eigenvalue weighted by Gasteiger charge is 2.19. The number of benzene rings is 1. The zero-order valence-corrected chi connectivity index (χ0v) is 11.4. The first kappa shape index (κ1) is 12.2. The Labute approximate surface area is 115 Å². The van der Waals surface area contributed by atoms with Crippen LogP contribution in [0.5, 0.6) is 0 Å². The molecule has 98 valence electrons. The van der Waals surface area contributed by atoms with Gasteiger partial charge in [-0.3, -0.25) is 10.1 Å². The van der Waals surface area contributed by atoms with Crippen molar-refractivity contribution in [2.45, 2.75) is 19.9 Å². The average Bonchev–Trinajstić information content (AvgIpc) is 2.85. The van der Waals surface area contributed by atoms with E-state index in [1.165, 1.54) is 10.4 Å². The van der Waals surface area contributed by atoms with Gasteiger partial charge in [-0.1, -0.05) is 0 Å². The summed E-state index contributed by atoms with van der Waals surface area (Å²) in [4.78, 5) is 14.2. The van der Waals surface area contributed by atoms with Gasteiger partial charge in [0, 0.05) is 35.8 Å². The number of nitro groups is 1. The molecule has 19 heavy (non-hydrogen) atoms. The predicted molar refractivity (Wildman–Crippen MR) is 76.9 cm³/mol. The number of non-ortho nitro benzene ring substituents is 1. The SMILES string of the molecule is Cc1cc([N+](=O)[O-])ccc1N1CCc2sccc2C1. The first-order chi connectivity index (χ1) is 9.15. The number of rotatable bonds is 2. The molecule has 0 saturated heterocycles. The fraction of sp³-hybridized carbons (Fsp3) is 0.286. The van der Waals surface area contributed by atoms with Crippen molar-refractivity contribution in [1.29, 1.82) is 0 Å². The van der Waals surface area contributed by atoms with Crippen molar-refractivity contribution in [1.82, 2.24) is 0 Å². The van der Waals surface area contributed by atoms with Crippen LogP contribution >= 0.6 is 11.3 Å². The summed E-state index contributed by atoms with van der Waals surface area (Å²) in [6, 6.07) is 7.28. The van der Waals surface area contributed by atoms with Gasteiger partial charge in [-0.2, -0.15) is 0 Å².